The summed E-state index contributed by atoms with van der Waals surface area (Å²) < 4.78 is 10.8. The van der Waals surface area contributed by atoms with E-state index in [4.69, 9.17) is 9.15 Å². The maximum Gasteiger partial charge on any atom is 0.306 e. The molecule has 1 N–H and O–H groups in total. The third-order valence-corrected chi connectivity index (χ3v) is 4.94. The van der Waals surface area contributed by atoms with Crippen LogP contribution in [0, 0.1) is 0 Å². The Kier molecular flexibility index (Phi) is 6.29. The third-order valence-electron chi connectivity index (χ3n) is 4.94. The molecular formula is C21H25NO5. The van der Waals surface area contributed by atoms with Gasteiger partial charge in [0.2, 0.25) is 11.2 Å². The van der Waals surface area contributed by atoms with Crippen molar-refractivity contribution in [3.05, 3.63) is 63.7 Å². The van der Waals surface area contributed by atoms with Crippen molar-refractivity contribution in [2.24, 2.45) is 0 Å². The number of hydrogen-bond acceptors (Lipinski definition) is 6. The zero-order valence-electron chi connectivity index (χ0n) is 15.5. The van der Waals surface area contributed by atoms with E-state index in [1.165, 1.54) is 19.6 Å². The summed E-state index contributed by atoms with van der Waals surface area (Å²) in [7, 11) is 1.31. The number of carbonyl (C=O) groups excluding carboxylic acids is 1. The molecule has 1 fully saturated rings. The van der Waals surface area contributed by atoms with Crippen LogP contribution in [0.25, 0.3) is 0 Å². The van der Waals surface area contributed by atoms with Crippen LogP contribution >= 0.6 is 0 Å². The number of hydrogen-bond donors (Lipinski definition) is 1. The molecule has 0 bridgehead atoms. The van der Waals surface area contributed by atoms with Crippen LogP contribution in [0.3, 0.4) is 0 Å². The Morgan fingerprint density at radius 1 is 1.22 bits per heavy atom. The molecule has 1 atom stereocenters. The van der Waals surface area contributed by atoms with Crippen molar-refractivity contribution >= 4 is 5.97 Å². The Labute approximate surface area is 158 Å². The third kappa shape index (κ3) is 4.77. The monoisotopic (exact) mass is 371 g/mol. The number of likely N-dealkylation sites (tertiary alicyclic amines) is 1. The fourth-order valence-electron chi connectivity index (χ4n) is 3.50. The maximum absolute atomic E-state index is 12.3. The number of piperidine rings is 1. The van der Waals surface area contributed by atoms with Crippen LogP contribution in [-0.4, -0.2) is 36.2 Å². The number of benzene rings is 1. The highest BCUT2D eigenvalue weighted by Gasteiger charge is 2.26. The lowest BCUT2D eigenvalue weighted by atomic mass is 9.92. The van der Waals surface area contributed by atoms with Gasteiger partial charge < -0.3 is 14.3 Å². The van der Waals surface area contributed by atoms with E-state index in [0.717, 1.165) is 31.5 Å². The first kappa shape index (κ1) is 19.2. The molecule has 0 aliphatic carbocycles. The molecule has 6 nitrogen and oxygen atoms in total. The molecule has 1 aromatic carbocycles. The molecular weight excluding hydrogens is 346 g/mol. The summed E-state index contributed by atoms with van der Waals surface area (Å²) in [6.07, 6.45) is 3.45. The topological polar surface area (TPSA) is 80.0 Å². The van der Waals surface area contributed by atoms with E-state index in [9.17, 15) is 14.7 Å². The minimum absolute atomic E-state index is 0.0236. The lowest BCUT2D eigenvalue weighted by molar-refractivity contribution is -0.140. The molecule has 1 aliphatic heterocycles. The molecule has 0 unspecified atom stereocenters. The number of carbonyl (C=O) groups is 1. The molecule has 0 radical (unpaired) electrons. The predicted octanol–water partition coefficient (Wildman–Crippen LogP) is 3.03. The van der Waals surface area contributed by atoms with Crippen LogP contribution in [-0.2, 0) is 16.1 Å². The summed E-state index contributed by atoms with van der Waals surface area (Å²) in [4.78, 5) is 26.5. The van der Waals surface area contributed by atoms with E-state index < -0.39 is 23.1 Å². The predicted molar refractivity (Wildman–Crippen MR) is 101 cm³/mol. The minimum Gasteiger partial charge on any atom is -0.502 e. The van der Waals surface area contributed by atoms with Gasteiger partial charge in [-0.3, -0.25) is 14.5 Å². The number of rotatable bonds is 6. The summed E-state index contributed by atoms with van der Waals surface area (Å²) >= 11 is 0. The van der Waals surface area contributed by atoms with Gasteiger partial charge in [-0.05, 0) is 31.5 Å². The van der Waals surface area contributed by atoms with Crippen molar-refractivity contribution in [2.45, 2.75) is 38.1 Å². The molecule has 27 heavy (non-hydrogen) atoms. The Morgan fingerprint density at radius 2 is 1.93 bits per heavy atom. The van der Waals surface area contributed by atoms with Gasteiger partial charge >= 0.3 is 5.97 Å². The van der Waals surface area contributed by atoms with E-state index >= 15 is 0 Å². The lowest BCUT2D eigenvalue weighted by Gasteiger charge is -2.26. The van der Waals surface area contributed by atoms with Crippen LogP contribution in [0.4, 0.5) is 0 Å². The van der Waals surface area contributed by atoms with Gasteiger partial charge in [-0.15, -0.1) is 0 Å². The highest BCUT2D eigenvalue weighted by atomic mass is 16.5. The van der Waals surface area contributed by atoms with Gasteiger partial charge in [0.25, 0.3) is 0 Å². The number of ether oxygens (including phenoxy) is 1. The second kappa shape index (κ2) is 8.86. The van der Waals surface area contributed by atoms with Gasteiger partial charge in [0.1, 0.15) is 5.76 Å². The number of esters is 1. The van der Waals surface area contributed by atoms with Crippen LogP contribution < -0.4 is 5.43 Å². The molecule has 144 valence electrons. The van der Waals surface area contributed by atoms with Crippen molar-refractivity contribution < 1.29 is 19.1 Å². The Balaban J connectivity index is 1.97. The van der Waals surface area contributed by atoms with Crippen LogP contribution in [0.5, 0.6) is 5.75 Å². The quantitative estimate of drug-likeness (QED) is 0.786. The van der Waals surface area contributed by atoms with E-state index in [-0.39, 0.29) is 12.2 Å². The summed E-state index contributed by atoms with van der Waals surface area (Å²) in [5.74, 6) is -0.859. The fraction of sp³-hybridized carbons (Fsp3) is 0.429. The number of methoxy groups -OCH3 is 1. The summed E-state index contributed by atoms with van der Waals surface area (Å²) in [5.41, 5.74) is 0.283. The van der Waals surface area contributed by atoms with E-state index in [0.29, 0.717) is 12.3 Å². The molecule has 6 heteroatoms. The van der Waals surface area contributed by atoms with Gasteiger partial charge in [0.05, 0.1) is 26.0 Å². The average molecular weight is 371 g/mol. The Bertz CT molecular complexity index is 824. The molecule has 1 saturated heterocycles. The van der Waals surface area contributed by atoms with Crippen LogP contribution in [0.15, 0.2) is 45.6 Å². The van der Waals surface area contributed by atoms with Crippen molar-refractivity contribution in [1.29, 1.82) is 0 Å². The molecule has 3 rings (SSSR count). The van der Waals surface area contributed by atoms with Crippen molar-refractivity contribution in [1.82, 2.24) is 4.90 Å². The fourth-order valence-corrected chi connectivity index (χ4v) is 3.50. The summed E-state index contributed by atoms with van der Waals surface area (Å²) in [5, 5.41) is 10.4. The van der Waals surface area contributed by atoms with Crippen LogP contribution in [0.1, 0.15) is 48.7 Å². The summed E-state index contributed by atoms with van der Waals surface area (Å²) in [6.45, 7) is 2.44. The first-order valence-corrected chi connectivity index (χ1v) is 9.28. The zero-order chi connectivity index (χ0) is 19.2. The maximum atomic E-state index is 12.3. The molecule has 0 saturated carbocycles. The van der Waals surface area contributed by atoms with Crippen molar-refractivity contribution in [2.75, 3.05) is 20.2 Å². The zero-order valence-corrected chi connectivity index (χ0v) is 15.5. The number of aromatic hydroxyl groups is 1. The van der Waals surface area contributed by atoms with Crippen molar-refractivity contribution in [3.63, 3.8) is 0 Å². The molecule has 1 aromatic heterocycles. The number of nitrogens with zero attached hydrogens (tertiary/aromatic N) is 1. The van der Waals surface area contributed by atoms with Crippen LogP contribution in [0.2, 0.25) is 0 Å². The Hall–Kier alpha value is -2.60. The van der Waals surface area contributed by atoms with Gasteiger partial charge in [0, 0.05) is 6.07 Å². The molecule has 1 aliphatic rings. The van der Waals surface area contributed by atoms with Gasteiger partial charge in [-0.25, -0.2) is 0 Å². The average Bonchev–Trinajstić information content (AvgIpc) is 2.70. The van der Waals surface area contributed by atoms with E-state index in [1.54, 1.807) is 0 Å². The van der Waals surface area contributed by atoms with Gasteiger partial charge in [-0.1, -0.05) is 36.8 Å². The SMILES string of the molecule is COC(=O)C[C@@H](c1ccccc1)c1oc(CN2CCCCC2)cc(=O)c1O. The lowest BCUT2D eigenvalue weighted by Crippen LogP contribution is -2.29. The molecule has 0 amide bonds. The second-order valence-corrected chi connectivity index (χ2v) is 6.87. The largest absolute Gasteiger partial charge is 0.502 e. The standard InChI is InChI=1S/C21H25NO5/c1-26-19(24)13-17(15-8-4-2-5-9-15)21-20(25)18(23)12-16(27-21)14-22-10-6-3-7-11-22/h2,4-5,8-9,12,17,25H,3,6-7,10-11,13-14H2,1H3/t17-/m0/s1. The van der Waals surface area contributed by atoms with Gasteiger partial charge in [-0.2, -0.15) is 0 Å². The highest BCUT2D eigenvalue weighted by molar-refractivity contribution is 5.71. The minimum atomic E-state index is -0.590. The first-order valence-electron chi connectivity index (χ1n) is 9.28. The smallest absolute Gasteiger partial charge is 0.306 e. The highest BCUT2D eigenvalue weighted by Crippen LogP contribution is 2.33. The normalized spacial score (nSPS) is 16.0. The molecule has 2 aromatic rings. The second-order valence-electron chi connectivity index (χ2n) is 6.87. The first-order chi connectivity index (χ1) is 13.1. The van der Waals surface area contributed by atoms with E-state index in [2.05, 4.69) is 4.90 Å². The molecule has 0 spiro atoms. The summed E-state index contributed by atoms with van der Waals surface area (Å²) in [6, 6.07) is 10.6. The van der Waals surface area contributed by atoms with Gasteiger partial charge in [0.15, 0.2) is 5.76 Å². The Morgan fingerprint density at radius 3 is 2.59 bits per heavy atom. The van der Waals surface area contributed by atoms with E-state index in [1.807, 2.05) is 30.3 Å². The molecule has 2 heterocycles. The van der Waals surface area contributed by atoms with Crippen molar-refractivity contribution in [3.8, 4) is 5.75 Å².